The van der Waals surface area contributed by atoms with Crippen molar-refractivity contribution in [3.63, 3.8) is 0 Å². The second-order valence-corrected chi connectivity index (χ2v) is 4.83. The summed E-state index contributed by atoms with van der Waals surface area (Å²) < 4.78 is 5.75. The van der Waals surface area contributed by atoms with Crippen molar-refractivity contribution in [3.05, 3.63) is 70.0 Å². The minimum absolute atomic E-state index is 0.0328. The van der Waals surface area contributed by atoms with E-state index in [-0.39, 0.29) is 17.5 Å². The van der Waals surface area contributed by atoms with Crippen molar-refractivity contribution < 1.29 is 14.5 Å². The van der Waals surface area contributed by atoms with Gasteiger partial charge in [0.1, 0.15) is 0 Å². The highest BCUT2D eigenvalue weighted by atomic mass is 16.6. The number of carbonyl (C=O) groups is 1. The Morgan fingerprint density at radius 1 is 1.30 bits per heavy atom. The van der Waals surface area contributed by atoms with Gasteiger partial charge in [0.05, 0.1) is 10.5 Å². The van der Waals surface area contributed by atoms with Crippen LogP contribution in [0.3, 0.4) is 0 Å². The van der Waals surface area contributed by atoms with Crippen molar-refractivity contribution in [3.8, 4) is 0 Å². The van der Waals surface area contributed by atoms with Crippen LogP contribution in [0.5, 0.6) is 0 Å². The first-order valence-corrected chi connectivity index (χ1v) is 6.76. The Hall–Kier alpha value is -3.29. The second kappa shape index (κ2) is 5.84. The minimum Gasteiger partial charge on any atom is -0.446 e. The number of nitrogens with zero attached hydrogens (tertiary/aromatic N) is 4. The standard InChI is InChI=1S/C15H12N4O4/c1-10(20)18-15(11-4-6-13(7-5-11)19(21)22)23-14(17-18)12-3-2-8-16-9-12/h2-9,15H,1H3/t15-/m0/s1. The van der Waals surface area contributed by atoms with E-state index in [0.717, 1.165) is 0 Å². The molecule has 0 aliphatic carbocycles. The number of amides is 1. The van der Waals surface area contributed by atoms with Gasteiger partial charge in [-0.2, -0.15) is 5.01 Å². The zero-order valence-electron chi connectivity index (χ0n) is 12.1. The van der Waals surface area contributed by atoms with Gasteiger partial charge in [0.2, 0.25) is 18.0 Å². The summed E-state index contributed by atoms with van der Waals surface area (Å²) in [6.45, 7) is 1.37. The lowest BCUT2D eigenvalue weighted by atomic mass is 10.1. The molecule has 0 N–H and O–H groups in total. The van der Waals surface area contributed by atoms with Gasteiger partial charge in [-0.25, -0.2) is 0 Å². The molecular formula is C15H12N4O4. The molecule has 8 nitrogen and oxygen atoms in total. The Bertz CT molecular complexity index is 774. The number of ether oxygens (including phenoxy) is 1. The fourth-order valence-electron chi connectivity index (χ4n) is 2.15. The van der Waals surface area contributed by atoms with Crippen LogP contribution in [0.4, 0.5) is 5.69 Å². The highest BCUT2D eigenvalue weighted by molar-refractivity contribution is 5.96. The molecule has 0 saturated heterocycles. The Kier molecular flexibility index (Phi) is 3.71. The molecule has 116 valence electrons. The predicted molar refractivity (Wildman–Crippen MR) is 80.2 cm³/mol. The summed E-state index contributed by atoms with van der Waals surface area (Å²) >= 11 is 0. The van der Waals surface area contributed by atoms with E-state index < -0.39 is 11.2 Å². The highest BCUT2D eigenvalue weighted by Crippen LogP contribution is 2.30. The van der Waals surface area contributed by atoms with Gasteiger partial charge in [0, 0.05) is 37.0 Å². The molecule has 0 saturated carbocycles. The molecule has 1 aliphatic heterocycles. The van der Waals surface area contributed by atoms with Crippen LogP contribution in [-0.4, -0.2) is 26.7 Å². The van der Waals surface area contributed by atoms with Crippen LogP contribution in [-0.2, 0) is 9.53 Å². The van der Waals surface area contributed by atoms with E-state index in [2.05, 4.69) is 10.1 Å². The number of rotatable bonds is 3. The average molecular weight is 312 g/mol. The zero-order valence-corrected chi connectivity index (χ0v) is 12.1. The van der Waals surface area contributed by atoms with E-state index in [1.54, 1.807) is 36.7 Å². The van der Waals surface area contributed by atoms with E-state index in [4.69, 9.17) is 4.74 Å². The number of nitro groups is 1. The van der Waals surface area contributed by atoms with Crippen LogP contribution in [0.25, 0.3) is 0 Å². The molecule has 2 heterocycles. The third-order valence-electron chi connectivity index (χ3n) is 3.26. The predicted octanol–water partition coefficient (Wildman–Crippen LogP) is 2.23. The summed E-state index contributed by atoms with van der Waals surface area (Å²) in [5, 5.41) is 16.1. The maximum Gasteiger partial charge on any atom is 0.269 e. The topological polar surface area (TPSA) is 97.9 Å². The number of non-ortho nitro benzene ring substituents is 1. The van der Waals surface area contributed by atoms with Gasteiger partial charge < -0.3 is 4.74 Å². The van der Waals surface area contributed by atoms with Crippen molar-refractivity contribution >= 4 is 17.5 Å². The van der Waals surface area contributed by atoms with Crippen LogP contribution in [0.1, 0.15) is 24.3 Å². The van der Waals surface area contributed by atoms with Crippen LogP contribution < -0.4 is 0 Å². The third kappa shape index (κ3) is 2.86. The summed E-state index contributed by atoms with van der Waals surface area (Å²) in [4.78, 5) is 26.0. The minimum atomic E-state index is -0.761. The van der Waals surface area contributed by atoms with E-state index in [9.17, 15) is 14.9 Å². The number of hydrogen-bond acceptors (Lipinski definition) is 6. The number of carbonyl (C=O) groups excluding carboxylic acids is 1. The summed E-state index contributed by atoms with van der Waals surface area (Å²) in [6.07, 6.45) is 2.44. The van der Waals surface area contributed by atoms with Gasteiger partial charge in [-0.3, -0.25) is 19.9 Å². The summed E-state index contributed by atoms with van der Waals surface area (Å²) in [5.41, 5.74) is 1.20. The van der Waals surface area contributed by atoms with Crippen molar-refractivity contribution in [2.24, 2.45) is 5.10 Å². The van der Waals surface area contributed by atoms with Crippen molar-refractivity contribution in [1.82, 2.24) is 9.99 Å². The molecule has 1 aromatic heterocycles. The maximum atomic E-state index is 11.8. The fourth-order valence-corrected chi connectivity index (χ4v) is 2.15. The largest absolute Gasteiger partial charge is 0.446 e. The van der Waals surface area contributed by atoms with Gasteiger partial charge in [0.25, 0.3) is 5.69 Å². The lowest BCUT2D eigenvalue weighted by molar-refractivity contribution is -0.384. The first kappa shape index (κ1) is 14.6. The van der Waals surface area contributed by atoms with Gasteiger partial charge >= 0.3 is 0 Å². The van der Waals surface area contributed by atoms with Gasteiger partial charge in [-0.05, 0) is 24.3 Å². The Balaban J connectivity index is 1.91. The molecule has 23 heavy (non-hydrogen) atoms. The molecule has 3 rings (SSSR count). The molecule has 0 bridgehead atoms. The van der Waals surface area contributed by atoms with Crippen LogP contribution in [0.2, 0.25) is 0 Å². The average Bonchev–Trinajstić information content (AvgIpc) is 3.01. The van der Waals surface area contributed by atoms with Crippen LogP contribution >= 0.6 is 0 Å². The Morgan fingerprint density at radius 2 is 2.04 bits per heavy atom. The molecule has 0 fully saturated rings. The van der Waals surface area contributed by atoms with Crippen LogP contribution in [0, 0.1) is 10.1 Å². The number of pyridine rings is 1. The summed E-state index contributed by atoms with van der Waals surface area (Å²) in [5.74, 6) is -0.0242. The number of nitro benzene ring substituents is 1. The lowest BCUT2D eigenvalue weighted by Crippen LogP contribution is -2.25. The number of aromatic nitrogens is 1. The number of benzene rings is 1. The molecule has 2 aromatic rings. The number of hydrazone groups is 1. The van der Waals surface area contributed by atoms with Crippen LogP contribution in [0.15, 0.2) is 53.9 Å². The second-order valence-electron chi connectivity index (χ2n) is 4.83. The zero-order chi connectivity index (χ0) is 16.4. The first-order valence-electron chi connectivity index (χ1n) is 6.76. The molecule has 0 unspecified atom stereocenters. The van der Waals surface area contributed by atoms with Gasteiger partial charge in [0.15, 0.2) is 0 Å². The molecule has 1 amide bonds. The molecular weight excluding hydrogens is 300 g/mol. The lowest BCUT2D eigenvalue weighted by Gasteiger charge is -2.19. The molecule has 8 heteroatoms. The van der Waals surface area contributed by atoms with E-state index in [1.165, 1.54) is 24.1 Å². The molecule has 1 aliphatic rings. The van der Waals surface area contributed by atoms with Crippen molar-refractivity contribution in [1.29, 1.82) is 0 Å². The number of hydrogen-bond donors (Lipinski definition) is 0. The Labute approximate surface area is 131 Å². The summed E-state index contributed by atoms with van der Waals surface area (Å²) in [7, 11) is 0. The van der Waals surface area contributed by atoms with Crippen molar-refractivity contribution in [2.75, 3.05) is 0 Å². The molecule has 1 aromatic carbocycles. The quantitative estimate of drug-likeness (QED) is 0.639. The Morgan fingerprint density at radius 3 is 2.61 bits per heavy atom. The summed E-state index contributed by atoms with van der Waals surface area (Å²) in [6, 6.07) is 9.31. The molecule has 0 radical (unpaired) electrons. The first-order chi connectivity index (χ1) is 11.1. The smallest absolute Gasteiger partial charge is 0.269 e. The molecule has 1 atom stereocenters. The highest BCUT2D eigenvalue weighted by Gasteiger charge is 2.33. The SMILES string of the molecule is CC(=O)N1N=C(c2cccnc2)O[C@H]1c1ccc([N+](=O)[O-])cc1. The normalized spacial score (nSPS) is 16.7. The van der Waals surface area contributed by atoms with Crippen molar-refractivity contribution in [2.45, 2.75) is 13.2 Å². The third-order valence-corrected chi connectivity index (χ3v) is 3.26. The fraction of sp³-hybridized carbons (Fsp3) is 0.133. The monoisotopic (exact) mass is 312 g/mol. The van der Waals surface area contributed by atoms with E-state index in [0.29, 0.717) is 11.1 Å². The van der Waals surface area contributed by atoms with Gasteiger partial charge in [-0.1, -0.05) is 0 Å². The molecule has 0 spiro atoms. The van der Waals surface area contributed by atoms with E-state index in [1.807, 2.05) is 0 Å². The van der Waals surface area contributed by atoms with Gasteiger partial charge in [-0.15, -0.1) is 5.10 Å². The maximum absolute atomic E-state index is 11.8. The van der Waals surface area contributed by atoms with E-state index >= 15 is 0 Å².